The highest BCUT2D eigenvalue weighted by molar-refractivity contribution is 9.10. The molecule has 0 amide bonds. The predicted molar refractivity (Wildman–Crippen MR) is 83.4 cm³/mol. The third-order valence-electron chi connectivity index (χ3n) is 2.86. The first-order valence-electron chi connectivity index (χ1n) is 6.05. The van der Waals surface area contributed by atoms with Crippen molar-refractivity contribution in [1.29, 1.82) is 0 Å². The molecule has 0 aliphatic rings. The van der Waals surface area contributed by atoms with Crippen LogP contribution in [0.25, 0.3) is 0 Å². The van der Waals surface area contributed by atoms with Crippen LogP contribution in [0.3, 0.4) is 0 Å². The van der Waals surface area contributed by atoms with Crippen LogP contribution in [0.1, 0.15) is 28.4 Å². The van der Waals surface area contributed by atoms with Gasteiger partial charge < -0.3 is 0 Å². The van der Waals surface area contributed by atoms with Crippen LogP contribution in [0.5, 0.6) is 0 Å². The Labute approximate surface area is 130 Å². The molecule has 2 aromatic carbocycles. The van der Waals surface area contributed by atoms with Crippen molar-refractivity contribution < 1.29 is 9.59 Å². The lowest BCUT2D eigenvalue weighted by Gasteiger charge is -2.08. The number of hydrogen-bond acceptors (Lipinski definition) is 2. The van der Waals surface area contributed by atoms with Gasteiger partial charge in [-0.25, -0.2) is 0 Å². The molecule has 4 heteroatoms. The van der Waals surface area contributed by atoms with Crippen molar-refractivity contribution in [2.24, 2.45) is 0 Å². The number of benzene rings is 2. The number of halogens is 2. The summed E-state index contributed by atoms with van der Waals surface area (Å²) in [6.45, 7) is 1.51. The van der Waals surface area contributed by atoms with E-state index in [4.69, 9.17) is 11.6 Å². The molecule has 0 unspecified atom stereocenters. The highest BCUT2D eigenvalue weighted by Crippen LogP contribution is 2.21. The minimum Gasteiger partial charge on any atom is -0.300 e. The monoisotopic (exact) mass is 350 g/mol. The maximum atomic E-state index is 12.5. The molecular formula is C16H12BrClO2. The Kier molecular flexibility index (Phi) is 4.73. The number of carbonyl (C=O) groups is 2. The molecule has 0 heterocycles. The smallest absolute Gasteiger partial charge is 0.193 e. The van der Waals surface area contributed by atoms with Crippen LogP contribution in [-0.4, -0.2) is 11.6 Å². The molecule has 0 aromatic heterocycles. The molecule has 0 saturated heterocycles. The van der Waals surface area contributed by atoms with Gasteiger partial charge in [-0.3, -0.25) is 9.59 Å². The second-order valence-corrected chi connectivity index (χ2v) is 5.87. The molecule has 0 aliphatic carbocycles. The van der Waals surface area contributed by atoms with E-state index in [-0.39, 0.29) is 18.0 Å². The van der Waals surface area contributed by atoms with Crippen LogP contribution in [0, 0.1) is 0 Å². The van der Waals surface area contributed by atoms with Gasteiger partial charge >= 0.3 is 0 Å². The largest absolute Gasteiger partial charge is 0.300 e. The molecular weight excluding hydrogens is 340 g/mol. The van der Waals surface area contributed by atoms with Crippen LogP contribution in [-0.2, 0) is 11.2 Å². The Hall–Kier alpha value is -1.45. The van der Waals surface area contributed by atoms with Crippen molar-refractivity contribution in [3.05, 3.63) is 68.7 Å². The fourth-order valence-corrected chi connectivity index (χ4v) is 2.49. The second kappa shape index (κ2) is 6.33. The number of carbonyl (C=O) groups excluding carboxylic acids is 2. The third kappa shape index (κ3) is 3.56. The molecule has 20 heavy (non-hydrogen) atoms. The zero-order valence-electron chi connectivity index (χ0n) is 10.8. The summed E-state index contributed by atoms with van der Waals surface area (Å²) in [4.78, 5) is 23.8. The average molecular weight is 352 g/mol. The normalized spacial score (nSPS) is 10.3. The average Bonchev–Trinajstić information content (AvgIpc) is 2.38. The van der Waals surface area contributed by atoms with Crippen molar-refractivity contribution >= 4 is 39.1 Å². The molecule has 0 fully saturated rings. The summed E-state index contributed by atoms with van der Waals surface area (Å²) < 4.78 is 0.849. The van der Waals surface area contributed by atoms with Gasteiger partial charge in [0.15, 0.2) is 5.78 Å². The van der Waals surface area contributed by atoms with E-state index in [0.717, 1.165) is 10.0 Å². The highest BCUT2D eigenvalue weighted by atomic mass is 79.9. The molecule has 102 valence electrons. The molecule has 0 radical (unpaired) electrons. The summed E-state index contributed by atoms with van der Waals surface area (Å²) in [6.07, 6.45) is 0.244. The van der Waals surface area contributed by atoms with E-state index in [1.807, 2.05) is 6.07 Å². The number of Topliss-reactive ketones (excluding diaryl/α,β-unsaturated/α-hetero) is 1. The summed E-state index contributed by atoms with van der Waals surface area (Å²) in [7, 11) is 0. The molecule has 0 atom stereocenters. The number of ketones is 2. The molecule has 0 N–H and O–H groups in total. The Bertz CT molecular complexity index is 663. The van der Waals surface area contributed by atoms with E-state index in [1.165, 1.54) is 6.92 Å². The van der Waals surface area contributed by atoms with E-state index in [1.54, 1.807) is 36.4 Å². The summed E-state index contributed by atoms with van der Waals surface area (Å²) >= 11 is 9.18. The first kappa shape index (κ1) is 14.9. The van der Waals surface area contributed by atoms with Gasteiger partial charge in [-0.1, -0.05) is 27.5 Å². The SMILES string of the molecule is CC(=O)Cc1cc(Br)ccc1C(=O)c1ccc(Cl)cc1. The van der Waals surface area contributed by atoms with E-state index in [2.05, 4.69) is 15.9 Å². The minimum atomic E-state index is -0.106. The molecule has 2 rings (SSSR count). The number of rotatable bonds is 4. The van der Waals surface area contributed by atoms with E-state index in [9.17, 15) is 9.59 Å². The zero-order chi connectivity index (χ0) is 14.7. The van der Waals surface area contributed by atoms with Gasteiger partial charge in [0.1, 0.15) is 5.78 Å². The Balaban J connectivity index is 2.43. The van der Waals surface area contributed by atoms with Crippen LogP contribution in [0.2, 0.25) is 5.02 Å². The molecule has 0 bridgehead atoms. The number of hydrogen-bond donors (Lipinski definition) is 0. The molecule has 0 aliphatic heterocycles. The molecule has 0 saturated carbocycles. The molecule has 2 nitrogen and oxygen atoms in total. The fraction of sp³-hybridized carbons (Fsp3) is 0.125. The Morgan fingerprint density at radius 2 is 1.75 bits per heavy atom. The van der Waals surface area contributed by atoms with Crippen molar-refractivity contribution in [3.8, 4) is 0 Å². The van der Waals surface area contributed by atoms with Crippen molar-refractivity contribution in [3.63, 3.8) is 0 Å². The van der Waals surface area contributed by atoms with Crippen molar-refractivity contribution in [1.82, 2.24) is 0 Å². The summed E-state index contributed by atoms with van der Waals surface area (Å²) in [5, 5.41) is 0.585. The fourth-order valence-electron chi connectivity index (χ4n) is 1.96. The summed E-state index contributed by atoms with van der Waals surface area (Å²) in [6, 6.07) is 12.1. The lowest BCUT2D eigenvalue weighted by atomic mass is 9.96. The van der Waals surface area contributed by atoms with Gasteiger partial charge in [0.05, 0.1) is 0 Å². The van der Waals surface area contributed by atoms with Gasteiger partial charge in [-0.05, 0) is 55.0 Å². The zero-order valence-corrected chi connectivity index (χ0v) is 13.2. The van der Waals surface area contributed by atoms with Crippen molar-refractivity contribution in [2.75, 3.05) is 0 Å². The van der Waals surface area contributed by atoms with Gasteiger partial charge in [0.2, 0.25) is 0 Å². The van der Waals surface area contributed by atoms with Crippen LogP contribution in [0.4, 0.5) is 0 Å². The van der Waals surface area contributed by atoms with Crippen LogP contribution in [0.15, 0.2) is 46.9 Å². The van der Waals surface area contributed by atoms with Crippen molar-refractivity contribution in [2.45, 2.75) is 13.3 Å². The lowest BCUT2D eigenvalue weighted by Crippen LogP contribution is -2.08. The predicted octanol–water partition coefficient (Wildman–Crippen LogP) is 4.47. The Morgan fingerprint density at radius 1 is 1.10 bits per heavy atom. The van der Waals surface area contributed by atoms with E-state index in [0.29, 0.717) is 16.1 Å². The summed E-state index contributed by atoms with van der Waals surface area (Å²) in [5.41, 5.74) is 1.83. The maximum Gasteiger partial charge on any atom is 0.193 e. The van der Waals surface area contributed by atoms with Gasteiger partial charge in [-0.2, -0.15) is 0 Å². The van der Waals surface area contributed by atoms with Gasteiger partial charge in [0.25, 0.3) is 0 Å². The van der Waals surface area contributed by atoms with Gasteiger partial charge in [-0.15, -0.1) is 0 Å². The Morgan fingerprint density at radius 3 is 2.35 bits per heavy atom. The maximum absolute atomic E-state index is 12.5. The molecule has 2 aromatic rings. The minimum absolute atomic E-state index is 0.0215. The topological polar surface area (TPSA) is 34.1 Å². The van der Waals surface area contributed by atoms with Gasteiger partial charge in [0, 0.05) is 27.0 Å². The van der Waals surface area contributed by atoms with Crippen LogP contribution >= 0.6 is 27.5 Å². The summed E-state index contributed by atoms with van der Waals surface area (Å²) in [5.74, 6) is -0.0846. The quantitative estimate of drug-likeness (QED) is 0.762. The lowest BCUT2D eigenvalue weighted by molar-refractivity contribution is -0.116. The highest BCUT2D eigenvalue weighted by Gasteiger charge is 2.15. The molecule has 0 spiro atoms. The first-order valence-corrected chi connectivity index (χ1v) is 7.22. The van der Waals surface area contributed by atoms with Crippen LogP contribution < -0.4 is 0 Å². The van der Waals surface area contributed by atoms with E-state index < -0.39 is 0 Å². The second-order valence-electron chi connectivity index (χ2n) is 4.52. The third-order valence-corrected chi connectivity index (χ3v) is 3.60. The first-order chi connectivity index (χ1) is 9.47. The standard InChI is InChI=1S/C16H12BrClO2/c1-10(19)8-12-9-13(17)4-7-15(12)16(20)11-2-5-14(18)6-3-11/h2-7,9H,8H2,1H3. The van der Waals surface area contributed by atoms with E-state index >= 15 is 0 Å².